The Morgan fingerprint density at radius 2 is 0.902 bits per heavy atom. The molecule has 0 bridgehead atoms. The van der Waals surface area contributed by atoms with Gasteiger partial charge in [0.25, 0.3) is 0 Å². The average molecular weight is 770 g/mol. The highest BCUT2D eigenvalue weighted by molar-refractivity contribution is 6.98. The Kier molecular flexibility index (Phi) is 6.01. The Bertz CT molecular complexity index is 3880. The fraction of sp³-hybridized carbons (Fsp3) is 0. The molecule has 0 saturated carbocycles. The maximum atomic E-state index is 6.87. The van der Waals surface area contributed by atoms with Crippen LogP contribution in [-0.2, 0) is 0 Å². The van der Waals surface area contributed by atoms with E-state index in [0.717, 1.165) is 16.6 Å². The molecule has 11 aromatic carbocycles. The van der Waals surface area contributed by atoms with E-state index >= 15 is 0 Å². The molecule has 15 rings (SSSR count). The van der Waals surface area contributed by atoms with Crippen molar-refractivity contribution in [2.75, 3.05) is 4.90 Å². The Balaban J connectivity index is 1.00. The van der Waals surface area contributed by atoms with E-state index in [1.807, 2.05) is 0 Å². The van der Waals surface area contributed by atoms with Gasteiger partial charge in [-0.2, -0.15) is 0 Å². The van der Waals surface area contributed by atoms with Gasteiger partial charge in [0.1, 0.15) is 11.2 Å². The zero-order valence-electron chi connectivity index (χ0n) is 32.9. The maximum absolute atomic E-state index is 6.87. The highest BCUT2D eigenvalue weighted by Crippen LogP contribution is 2.61. The van der Waals surface area contributed by atoms with E-state index in [2.05, 4.69) is 199 Å². The van der Waals surface area contributed by atoms with Crippen molar-refractivity contribution in [3.8, 4) is 44.5 Å². The number of hydrogen-bond acceptors (Lipinski definition) is 2. The van der Waals surface area contributed by atoms with Gasteiger partial charge < -0.3 is 9.32 Å². The van der Waals surface area contributed by atoms with Gasteiger partial charge in [-0.25, -0.2) is 0 Å². The van der Waals surface area contributed by atoms with E-state index in [1.54, 1.807) is 0 Å². The molecule has 3 aliphatic heterocycles. The van der Waals surface area contributed by atoms with Crippen molar-refractivity contribution >= 4 is 105 Å². The Labute approximate surface area is 351 Å². The zero-order chi connectivity index (χ0) is 39.5. The predicted molar refractivity (Wildman–Crippen MR) is 258 cm³/mol. The van der Waals surface area contributed by atoms with E-state index < -0.39 is 0 Å². The number of rotatable bonds is 3. The summed E-state index contributed by atoms with van der Waals surface area (Å²) >= 11 is 0. The number of nitrogens with zero attached hydrogens (tertiary/aromatic N) is 1. The maximum Gasteiger partial charge on any atom is 0.246 e. The highest BCUT2D eigenvalue weighted by atomic mass is 16.3. The first-order valence-electron chi connectivity index (χ1n) is 21.3. The molecule has 3 aliphatic rings. The lowest BCUT2D eigenvalue weighted by molar-refractivity contribution is 0.670. The van der Waals surface area contributed by atoms with Gasteiger partial charge in [0.2, 0.25) is 6.71 Å². The molecule has 0 saturated heterocycles. The van der Waals surface area contributed by atoms with Crippen LogP contribution in [0.25, 0.3) is 110 Å². The van der Waals surface area contributed by atoms with Crippen LogP contribution in [0.5, 0.6) is 0 Å². The van der Waals surface area contributed by atoms with Crippen molar-refractivity contribution in [2.24, 2.45) is 0 Å². The molecule has 0 aliphatic carbocycles. The minimum atomic E-state index is 0.0391. The zero-order valence-corrected chi connectivity index (χ0v) is 32.9. The van der Waals surface area contributed by atoms with Crippen LogP contribution in [0.2, 0.25) is 0 Å². The van der Waals surface area contributed by atoms with Crippen LogP contribution in [0.4, 0.5) is 17.1 Å². The third kappa shape index (κ3) is 3.99. The molecule has 0 amide bonds. The largest absolute Gasteiger partial charge is 0.455 e. The van der Waals surface area contributed by atoms with Crippen molar-refractivity contribution < 1.29 is 4.42 Å². The third-order valence-corrected chi connectivity index (χ3v) is 14.1. The SMILES string of the molecule is c1ccc(-c2c3ccccc3c(-c3ccc(B4c5ccc6cccc7c6c5N5c6c-7cc7c(oc8ccccc87)c6-c6cccc7ccc4c5c67)cc3)c3ccccc23)cc1. The van der Waals surface area contributed by atoms with Crippen LogP contribution < -0.4 is 21.3 Å². The van der Waals surface area contributed by atoms with Crippen LogP contribution in [0.1, 0.15) is 0 Å². The molecule has 0 spiro atoms. The van der Waals surface area contributed by atoms with Gasteiger partial charge in [-0.15, -0.1) is 0 Å². The molecule has 0 atom stereocenters. The molecule has 0 radical (unpaired) electrons. The van der Waals surface area contributed by atoms with Gasteiger partial charge in [-0.1, -0.05) is 187 Å². The average Bonchev–Trinajstić information content (AvgIpc) is 3.70. The summed E-state index contributed by atoms with van der Waals surface area (Å²) in [7, 11) is 0. The first-order valence-corrected chi connectivity index (χ1v) is 21.3. The Morgan fingerprint density at radius 3 is 1.54 bits per heavy atom. The summed E-state index contributed by atoms with van der Waals surface area (Å²) in [4.78, 5) is 2.63. The Morgan fingerprint density at radius 1 is 0.361 bits per heavy atom. The van der Waals surface area contributed by atoms with Gasteiger partial charge in [0.05, 0.1) is 11.3 Å². The normalized spacial score (nSPS) is 13.2. The van der Waals surface area contributed by atoms with Crippen molar-refractivity contribution in [1.82, 2.24) is 0 Å². The fourth-order valence-electron chi connectivity index (χ4n) is 11.7. The molecule has 0 fully saturated rings. The van der Waals surface area contributed by atoms with Gasteiger partial charge in [-0.05, 0) is 88.8 Å². The van der Waals surface area contributed by atoms with Crippen LogP contribution >= 0.6 is 0 Å². The lowest BCUT2D eigenvalue weighted by Gasteiger charge is -2.45. The fourth-order valence-corrected chi connectivity index (χ4v) is 11.7. The molecule has 0 N–H and O–H groups in total. The summed E-state index contributed by atoms with van der Waals surface area (Å²) in [6.45, 7) is 0.0391. The number of fused-ring (bicyclic) bond motifs is 8. The summed E-state index contributed by atoms with van der Waals surface area (Å²) in [6, 6.07) is 72.4. The molecule has 12 aromatic rings. The van der Waals surface area contributed by atoms with Crippen LogP contribution in [-0.4, -0.2) is 6.71 Å². The lowest BCUT2D eigenvalue weighted by Crippen LogP contribution is -2.57. The minimum Gasteiger partial charge on any atom is -0.455 e. The third-order valence-electron chi connectivity index (χ3n) is 14.1. The number of hydrogen-bond donors (Lipinski definition) is 0. The molecule has 278 valence electrons. The molecular weight excluding hydrogens is 737 g/mol. The Hall–Kier alpha value is -7.88. The summed E-state index contributed by atoms with van der Waals surface area (Å²) in [5.41, 5.74) is 19.7. The highest BCUT2D eigenvalue weighted by Gasteiger charge is 2.44. The van der Waals surface area contributed by atoms with Gasteiger partial charge >= 0.3 is 0 Å². The van der Waals surface area contributed by atoms with Gasteiger partial charge in [0.15, 0.2) is 0 Å². The van der Waals surface area contributed by atoms with Crippen molar-refractivity contribution in [2.45, 2.75) is 0 Å². The van der Waals surface area contributed by atoms with Crippen LogP contribution in [0.3, 0.4) is 0 Å². The molecule has 3 heteroatoms. The van der Waals surface area contributed by atoms with Crippen molar-refractivity contribution in [1.29, 1.82) is 0 Å². The molecule has 61 heavy (non-hydrogen) atoms. The molecule has 0 unspecified atom stereocenters. The summed E-state index contributed by atoms with van der Waals surface area (Å²) < 4.78 is 6.87. The second kappa shape index (κ2) is 11.4. The monoisotopic (exact) mass is 769 g/mol. The number of anilines is 3. The van der Waals surface area contributed by atoms with E-state index in [4.69, 9.17) is 4.42 Å². The molecule has 1 aromatic heterocycles. The molecule has 4 heterocycles. The minimum absolute atomic E-state index is 0.0391. The smallest absolute Gasteiger partial charge is 0.246 e. The van der Waals surface area contributed by atoms with Gasteiger partial charge in [0, 0.05) is 38.5 Å². The quantitative estimate of drug-likeness (QED) is 0.131. The predicted octanol–water partition coefficient (Wildman–Crippen LogP) is 13.8. The van der Waals surface area contributed by atoms with E-state index in [1.165, 1.54) is 126 Å². The summed E-state index contributed by atoms with van der Waals surface area (Å²) in [5, 5.41) is 12.6. The van der Waals surface area contributed by atoms with Crippen LogP contribution in [0, 0.1) is 0 Å². The molecular formula is C58H32BNO. The topological polar surface area (TPSA) is 16.4 Å². The summed E-state index contributed by atoms with van der Waals surface area (Å²) in [5.74, 6) is 0. The van der Waals surface area contributed by atoms with E-state index in [-0.39, 0.29) is 6.71 Å². The second-order valence-corrected chi connectivity index (χ2v) is 17.0. The summed E-state index contributed by atoms with van der Waals surface area (Å²) in [6.07, 6.45) is 0. The van der Waals surface area contributed by atoms with E-state index in [0.29, 0.717) is 0 Å². The standard InChI is InChI=1S/C58H32BNO/c1-2-12-33(13-3-1)50-39-17-4-6-19-41(39)51(42-20-7-5-18-40(42)50)36-24-28-37(29-25-36)59-47-30-26-34-14-10-21-43-45-32-46-38-16-8-9-23-49(38)61-58(46)54-44-22-11-15-35-27-31-48(59)57(53(35)44)60(55(45)54)56(47)52(34)43/h1-32H. The van der Waals surface area contributed by atoms with E-state index in [9.17, 15) is 0 Å². The number of benzene rings is 11. The number of para-hydroxylation sites is 1. The van der Waals surface area contributed by atoms with Gasteiger partial charge in [-0.3, -0.25) is 0 Å². The number of furan rings is 1. The van der Waals surface area contributed by atoms with Crippen molar-refractivity contribution in [3.05, 3.63) is 194 Å². The first-order chi connectivity index (χ1) is 30.3. The van der Waals surface area contributed by atoms with Crippen LogP contribution in [0.15, 0.2) is 199 Å². The second-order valence-electron chi connectivity index (χ2n) is 17.0. The first kappa shape index (κ1) is 32.0. The van der Waals surface area contributed by atoms with Crippen molar-refractivity contribution in [3.63, 3.8) is 0 Å². The molecule has 2 nitrogen and oxygen atoms in total. The lowest BCUT2D eigenvalue weighted by atomic mass is 9.34.